The van der Waals surface area contributed by atoms with Gasteiger partial charge in [0, 0.05) is 31.5 Å². The summed E-state index contributed by atoms with van der Waals surface area (Å²) in [6, 6.07) is 0.122. The van der Waals surface area contributed by atoms with Crippen LogP contribution >= 0.6 is 0 Å². The van der Waals surface area contributed by atoms with Gasteiger partial charge in [-0.1, -0.05) is 6.92 Å². The molecule has 0 aromatic carbocycles. The third-order valence-electron chi connectivity index (χ3n) is 3.63. The predicted octanol–water partition coefficient (Wildman–Crippen LogP) is 0.983. The standard InChI is InChI=1S/C12H22N4O/c1-3-11-9(5-6-17-11)10(13)7-12-14-8-15-16(12)4-2/h8-11H,3-7,13H2,1-2H3. The van der Waals surface area contributed by atoms with Crippen LogP contribution in [0.4, 0.5) is 0 Å². The molecule has 17 heavy (non-hydrogen) atoms. The van der Waals surface area contributed by atoms with Crippen LogP contribution in [0.3, 0.4) is 0 Å². The molecule has 3 atom stereocenters. The van der Waals surface area contributed by atoms with Crippen molar-refractivity contribution >= 4 is 0 Å². The van der Waals surface area contributed by atoms with Gasteiger partial charge >= 0.3 is 0 Å². The van der Waals surface area contributed by atoms with Crippen molar-refractivity contribution in [1.29, 1.82) is 0 Å². The molecule has 0 bridgehead atoms. The highest BCUT2D eigenvalue weighted by Crippen LogP contribution is 2.26. The Labute approximate surface area is 102 Å². The Balaban J connectivity index is 1.99. The second kappa shape index (κ2) is 5.60. The number of nitrogens with two attached hydrogens (primary N) is 1. The fourth-order valence-electron chi connectivity index (χ4n) is 2.65. The van der Waals surface area contributed by atoms with E-state index in [1.165, 1.54) is 0 Å². The van der Waals surface area contributed by atoms with E-state index in [1.54, 1.807) is 6.33 Å². The number of nitrogens with zero attached hydrogens (tertiary/aromatic N) is 3. The lowest BCUT2D eigenvalue weighted by Gasteiger charge is -2.23. The van der Waals surface area contributed by atoms with E-state index < -0.39 is 0 Å². The third kappa shape index (κ3) is 2.66. The normalized spacial score (nSPS) is 26.3. The highest BCUT2D eigenvalue weighted by molar-refractivity contribution is 4.94. The summed E-state index contributed by atoms with van der Waals surface area (Å²) in [6.45, 7) is 5.92. The van der Waals surface area contributed by atoms with Crippen LogP contribution in [-0.4, -0.2) is 33.5 Å². The SMILES string of the molecule is CCC1OCCC1C(N)Cc1ncnn1CC. The molecule has 1 saturated heterocycles. The first-order valence-electron chi connectivity index (χ1n) is 6.50. The lowest BCUT2D eigenvalue weighted by Crippen LogP contribution is -2.37. The highest BCUT2D eigenvalue weighted by Gasteiger charge is 2.32. The van der Waals surface area contributed by atoms with Crippen LogP contribution in [0.2, 0.25) is 0 Å². The maximum absolute atomic E-state index is 6.30. The van der Waals surface area contributed by atoms with E-state index in [9.17, 15) is 0 Å². The Morgan fingerprint density at radius 1 is 1.59 bits per heavy atom. The summed E-state index contributed by atoms with van der Waals surface area (Å²) in [5.41, 5.74) is 6.30. The summed E-state index contributed by atoms with van der Waals surface area (Å²) in [7, 11) is 0. The molecule has 0 amide bonds. The quantitative estimate of drug-likeness (QED) is 0.830. The molecule has 2 rings (SSSR count). The van der Waals surface area contributed by atoms with Gasteiger partial charge in [0.05, 0.1) is 6.10 Å². The average Bonchev–Trinajstić information content (AvgIpc) is 2.96. The van der Waals surface area contributed by atoms with Crippen molar-refractivity contribution in [1.82, 2.24) is 14.8 Å². The van der Waals surface area contributed by atoms with Gasteiger partial charge in [0.1, 0.15) is 12.2 Å². The van der Waals surface area contributed by atoms with Crippen LogP contribution in [0, 0.1) is 5.92 Å². The molecule has 0 aliphatic carbocycles. The molecule has 1 aliphatic heterocycles. The molecular formula is C12H22N4O. The van der Waals surface area contributed by atoms with E-state index in [4.69, 9.17) is 10.5 Å². The minimum absolute atomic E-state index is 0.122. The van der Waals surface area contributed by atoms with Gasteiger partial charge in [0.15, 0.2) is 0 Å². The summed E-state index contributed by atoms with van der Waals surface area (Å²) in [5, 5.41) is 4.17. The molecule has 1 fully saturated rings. The van der Waals surface area contributed by atoms with Gasteiger partial charge in [-0.15, -0.1) is 0 Å². The summed E-state index contributed by atoms with van der Waals surface area (Å²) < 4.78 is 7.60. The zero-order valence-electron chi connectivity index (χ0n) is 10.7. The average molecular weight is 238 g/mol. The molecule has 0 radical (unpaired) electrons. The van der Waals surface area contributed by atoms with Gasteiger partial charge in [-0.2, -0.15) is 5.10 Å². The smallest absolute Gasteiger partial charge is 0.138 e. The maximum Gasteiger partial charge on any atom is 0.138 e. The van der Waals surface area contributed by atoms with Gasteiger partial charge in [-0.3, -0.25) is 4.68 Å². The summed E-state index contributed by atoms with van der Waals surface area (Å²) in [5.74, 6) is 1.45. The molecule has 1 aliphatic rings. The lowest BCUT2D eigenvalue weighted by atomic mass is 9.90. The van der Waals surface area contributed by atoms with Crippen LogP contribution in [0.15, 0.2) is 6.33 Å². The minimum atomic E-state index is 0.122. The van der Waals surface area contributed by atoms with Crippen molar-refractivity contribution in [3.8, 4) is 0 Å². The molecule has 1 aromatic rings. The van der Waals surface area contributed by atoms with Gasteiger partial charge in [0.25, 0.3) is 0 Å². The summed E-state index contributed by atoms with van der Waals surface area (Å²) in [6.07, 6.45) is 4.83. The fraction of sp³-hybridized carbons (Fsp3) is 0.833. The zero-order valence-corrected chi connectivity index (χ0v) is 10.7. The van der Waals surface area contributed by atoms with E-state index in [-0.39, 0.29) is 6.04 Å². The first-order valence-corrected chi connectivity index (χ1v) is 6.50. The topological polar surface area (TPSA) is 66.0 Å². The molecule has 96 valence electrons. The molecular weight excluding hydrogens is 216 g/mol. The summed E-state index contributed by atoms with van der Waals surface area (Å²) >= 11 is 0. The molecule has 2 heterocycles. The van der Waals surface area contributed by atoms with Crippen LogP contribution in [0.25, 0.3) is 0 Å². The molecule has 5 heteroatoms. The van der Waals surface area contributed by atoms with E-state index in [1.807, 2.05) is 4.68 Å². The minimum Gasteiger partial charge on any atom is -0.378 e. The van der Waals surface area contributed by atoms with Crippen LogP contribution in [0.5, 0.6) is 0 Å². The van der Waals surface area contributed by atoms with Gasteiger partial charge < -0.3 is 10.5 Å². The van der Waals surface area contributed by atoms with E-state index in [0.29, 0.717) is 12.0 Å². The number of rotatable bonds is 5. The van der Waals surface area contributed by atoms with E-state index in [2.05, 4.69) is 23.9 Å². The Kier molecular flexibility index (Phi) is 4.12. The van der Waals surface area contributed by atoms with E-state index in [0.717, 1.165) is 38.2 Å². The second-order valence-corrected chi connectivity index (χ2v) is 4.63. The van der Waals surface area contributed by atoms with Crippen molar-refractivity contribution in [2.24, 2.45) is 11.7 Å². The largest absolute Gasteiger partial charge is 0.378 e. The zero-order chi connectivity index (χ0) is 12.3. The highest BCUT2D eigenvalue weighted by atomic mass is 16.5. The Morgan fingerprint density at radius 2 is 2.41 bits per heavy atom. The van der Waals surface area contributed by atoms with Gasteiger partial charge in [-0.05, 0) is 19.8 Å². The van der Waals surface area contributed by atoms with E-state index >= 15 is 0 Å². The number of aromatic nitrogens is 3. The lowest BCUT2D eigenvalue weighted by molar-refractivity contribution is 0.0811. The Hall–Kier alpha value is -0.940. The maximum atomic E-state index is 6.30. The number of hydrogen-bond acceptors (Lipinski definition) is 4. The third-order valence-corrected chi connectivity index (χ3v) is 3.63. The van der Waals surface area contributed by atoms with Crippen molar-refractivity contribution in [3.05, 3.63) is 12.2 Å². The summed E-state index contributed by atoms with van der Waals surface area (Å²) in [4.78, 5) is 4.28. The number of hydrogen-bond donors (Lipinski definition) is 1. The number of aryl methyl sites for hydroxylation is 1. The van der Waals surface area contributed by atoms with Crippen LogP contribution < -0.4 is 5.73 Å². The van der Waals surface area contributed by atoms with Crippen molar-refractivity contribution < 1.29 is 4.74 Å². The van der Waals surface area contributed by atoms with Gasteiger partial charge in [-0.25, -0.2) is 4.98 Å². The number of ether oxygens (including phenoxy) is 1. The molecule has 2 N–H and O–H groups in total. The van der Waals surface area contributed by atoms with Crippen LogP contribution in [-0.2, 0) is 17.7 Å². The van der Waals surface area contributed by atoms with Crippen molar-refractivity contribution in [2.45, 2.75) is 51.8 Å². The molecule has 0 saturated carbocycles. The van der Waals surface area contributed by atoms with Gasteiger partial charge in [0.2, 0.25) is 0 Å². The molecule has 5 nitrogen and oxygen atoms in total. The Bertz CT molecular complexity index is 352. The van der Waals surface area contributed by atoms with Crippen molar-refractivity contribution in [2.75, 3.05) is 6.61 Å². The molecule has 0 spiro atoms. The van der Waals surface area contributed by atoms with Crippen molar-refractivity contribution in [3.63, 3.8) is 0 Å². The Morgan fingerprint density at radius 3 is 3.12 bits per heavy atom. The fourth-order valence-corrected chi connectivity index (χ4v) is 2.65. The molecule has 1 aromatic heterocycles. The first-order chi connectivity index (χ1) is 8.26. The monoisotopic (exact) mass is 238 g/mol. The molecule has 3 unspecified atom stereocenters. The first kappa shape index (κ1) is 12.5. The second-order valence-electron chi connectivity index (χ2n) is 4.63. The predicted molar refractivity (Wildman–Crippen MR) is 65.5 cm³/mol. The van der Waals surface area contributed by atoms with Crippen LogP contribution in [0.1, 0.15) is 32.5 Å².